The van der Waals surface area contributed by atoms with Gasteiger partial charge in [0, 0.05) is 25.1 Å². The number of aliphatic carboxylic acids is 1. The standard InChI is InChI=1S/C12H22N2O4/c1-3-9-5-4-8(2)14(9)12(18)13-10(6-7-15)11(16)17/h8-10,15H,3-7H2,1-2H3,(H,13,18)(H,16,17). The molecule has 1 heterocycles. The van der Waals surface area contributed by atoms with E-state index in [1.165, 1.54) is 0 Å². The smallest absolute Gasteiger partial charge is 0.326 e. The molecule has 6 nitrogen and oxygen atoms in total. The highest BCUT2D eigenvalue weighted by Crippen LogP contribution is 2.25. The Morgan fingerprint density at radius 2 is 2.11 bits per heavy atom. The zero-order valence-corrected chi connectivity index (χ0v) is 10.9. The summed E-state index contributed by atoms with van der Waals surface area (Å²) < 4.78 is 0. The average Bonchev–Trinajstić information content (AvgIpc) is 2.69. The van der Waals surface area contributed by atoms with Crippen LogP contribution in [0.4, 0.5) is 4.79 Å². The SMILES string of the molecule is CCC1CCC(C)N1C(=O)NC(CCO)C(=O)O. The van der Waals surface area contributed by atoms with E-state index in [1.54, 1.807) is 4.90 Å². The van der Waals surface area contributed by atoms with Crippen molar-refractivity contribution in [2.75, 3.05) is 6.61 Å². The van der Waals surface area contributed by atoms with Crippen LogP contribution in [0.25, 0.3) is 0 Å². The number of carbonyl (C=O) groups is 2. The van der Waals surface area contributed by atoms with Gasteiger partial charge < -0.3 is 20.4 Å². The molecule has 1 aliphatic heterocycles. The van der Waals surface area contributed by atoms with Gasteiger partial charge in [-0.3, -0.25) is 0 Å². The van der Waals surface area contributed by atoms with Gasteiger partial charge in [-0.2, -0.15) is 0 Å². The topological polar surface area (TPSA) is 89.9 Å². The fourth-order valence-corrected chi connectivity index (χ4v) is 2.45. The number of carboxylic acid groups (broad SMARTS) is 1. The Morgan fingerprint density at radius 1 is 1.44 bits per heavy atom. The molecule has 1 saturated heterocycles. The highest BCUT2D eigenvalue weighted by molar-refractivity contribution is 5.83. The number of likely N-dealkylation sites (tertiary alicyclic amines) is 1. The predicted molar refractivity (Wildman–Crippen MR) is 66.3 cm³/mol. The lowest BCUT2D eigenvalue weighted by Gasteiger charge is -2.29. The third-order valence-corrected chi connectivity index (χ3v) is 3.51. The van der Waals surface area contributed by atoms with Crippen molar-refractivity contribution in [2.45, 2.75) is 57.7 Å². The van der Waals surface area contributed by atoms with Crippen molar-refractivity contribution in [2.24, 2.45) is 0 Å². The van der Waals surface area contributed by atoms with Crippen LogP contribution >= 0.6 is 0 Å². The Bertz CT molecular complexity index is 308. The first-order valence-electron chi connectivity index (χ1n) is 6.43. The molecular formula is C12H22N2O4. The number of aliphatic hydroxyl groups excluding tert-OH is 1. The van der Waals surface area contributed by atoms with E-state index in [-0.39, 0.29) is 31.1 Å². The molecule has 0 aromatic heterocycles. The molecule has 1 rings (SSSR count). The Labute approximate surface area is 107 Å². The first-order chi connectivity index (χ1) is 8.51. The zero-order chi connectivity index (χ0) is 13.7. The van der Waals surface area contributed by atoms with Crippen LogP contribution in [0.2, 0.25) is 0 Å². The van der Waals surface area contributed by atoms with E-state index in [0.717, 1.165) is 19.3 Å². The molecule has 6 heteroatoms. The first kappa shape index (κ1) is 14.8. The van der Waals surface area contributed by atoms with E-state index in [0.29, 0.717) is 0 Å². The fraction of sp³-hybridized carbons (Fsp3) is 0.833. The molecule has 0 radical (unpaired) electrons. The number of amides is 2. The molecule has 3 N–H and O–H groups in total. The van der Waals surface area contributed by atoms with E-state index in [4.69, 9.17) is 10.2 Å². The maximum Gasteiger partial charge on any atom is 0.326 e. The molecule has 0 aliphatic carbocycles. The summed E-state index contributed by atoms with van der Waals surface area (Å²) in [6.07, 6.45) is 2.81. The summed E-state index contributed by atoms with van der Waals surface area (Å²) in [6.45, 7) is 3.73. The number of carboxylic acids is 1. The second kappa shape index (κ2) is 6.58. The summed E-state index contributed by atoms with van der Waals surface area (Å²) in [6, 6.07) is -1.04. The molecule has 3 unspecified atom stereocenters. The van der Waals surface area contributed by atoms with Crippen LogP contribution in [0, 0.1) is 0 Å². The van der Waals surface area contributed by atoms with Gasteiger partial charge >= 0.3 is 12.0 Å². The van der Waals surface area contributed by atoms with Crippen molar-refractivity contribution in [3.63, 3.8) is 0 Å². The first-order valence-corrected chi connectivity index (χ1v) is 6.43. The number of hydrogen-bond donors (Lipinski definition) is 3. The van der Waals surface area contributed by atoms with Crippen LogP contribution in [0.15, 0.2) is 0 Å². The van der Waals surface area contributed by atoms with Crippen LogP contribution < -0.4 is 5.32 Å². The van der Waals surface area contributed by atoms with Crippen molar-refractivity contribution in [1.82, 2.24) is 10.2 Å². The second-order valence-electron chi connectivity index (χ2n) is 4.75. The maximum atomic E-state index is 12.1. The molecule has 18 heavy (non-hydrogen) atoms. The summed E-state index contributed by atoms with van der Waals surface area (Å²) in [5.41, 5.74) is 0. The third-order valence-electron chi connectivity index (χ3n) is 3.51. The Hall–Kier alpha value is -1.30. The second-order valence-corrected chi connectivity index (χ2v) is 4.75. The molecule has 0 aromatic rings. The van der Waals surface area contributed by atoms with E-state index < -0.39 is 12.0 Å². The minimum atomic E-state index is -1.11. The van der Waals surface area contributed by atoms with Crippen molar-refractivity contribution in [3.05, 3.63) is 0 Å². The molecule has 1 aliphatic rings. The van der Waals surface area contributed by atoms with Crippen LogP contribution in [-0.2, 0) is 4.79 Å². The Balaban J connectivity index is 2.65. The zero-order valence-electron chi connectivity index (χ0n) is 10.9. The lowest BCUT2D eigenvalue weighted by Crippen LogP contribution is -2.51. The molecule has 1 fully saturated rings. The number of nitrogens with one attached hydrogen (secondary N) is 1. The quantitative estimate of drug-likeness (QED) is 0.680. The van der Waals surface area contributed by atoms with E-state index in [2.05, 4.69) is 5.32 Å². The molecule has 0 saturated carbocycles. The number of carbonyl (C=O) groups excluding carboxylic acids is 1. The molecular weight excluding hydrogens is 236 g/mol. The van der Waals surface area contributed by atoms with Gasteiger partial charge in [-0.1, -0.05) is 6.92 Å². The van der Waals surface area contributed by atoms with Crippen LogP contribution in [0.3, 0.4) is 0 Å². The monoisotopic (exact) mass is 258 g/mol. The van der Waals surface area contributed by atoms with Gasteiger partial charge in [0.1, 0.15) is 6.04 Å². The number of hydrogen-bond acceptors (Lipinski definition) is 3. The summed E-state index contributed by atoms with van der Waals surface area (Å²) >= 11 is 0. The minimum Gasteiger partial charge on any atom is -0.480 e. The largest absolute Gasteiger partial charge is 0.480 e. The highest BCUT2D eigenvalue weighted by atomic mass is 16.4. The maximum absolute atomic E-state index is 12.1. The third kappa shape index (κ3) is 3.35. The van der Waals surface area contributed by atoms with Gasteiger partial charge in [0.25, 0.3) is 0 Å². The van der Waals surface area contributed by atoms with Crippen molar-refractivity contribution >= 4 is 12.0 Å². The molecule has 2 amide bonds. The number of urea groups is 1. The van der Waals surface area contributed by atoms with Gasteiger partial charge in [-0.25, -0.2) is 9.59 Å². The van der Waals surface area contributed by atoms with Gasteiger partial charge in [0.15, 0.2) is 0 Å². The van der Waals surface area contributed by atoms with Gasteiger partial charge in [-0.15, -0.1) is 0 Å². The summed E-state index contributed by atoms with van der Waals surface area (Å²) in [7, 11) is 0. The number of rotatable bonds is 5. The van der Waals surface area contributed by atoms with E-state index in [1.807, 2.05) is 13.8 Å². The van der Waals surface area contributed by atoms with Crippen LogP contribution in [0.5, 0.6) is 0 Å². The number of aliphatic hydroxyl groups is 1. The summed E-state index contributed by atoms with van der Waals surface area (Å²) in [5, 5.41) is 20.2. The lowest BCUT2D eigenvalue weighted by molar-refractivity contribution is -0.139. The Morgan fingerprint density at radius 3 is 2.61 bits per heavy atom. The van der Waals surface area contributed by atoms with E-state index >= 15 is 0 Å². The molecule has 0 aromatic carbocycles. The summed E-state index contributed by atoms with van der Waals surface area (Å²) in [5.74, 6) is -1.11. The summed E-state index contributed by atoms with van der Waals surface area (Å²) in [4.78, 5) is 24.7. The minimum absolute atomic E-state index is 0.0279. The van der Waals surface area contributed by atoms with Crippen molar-refractivity contribution in [3.8, 4) is 0 Å². The van der Waals surface area contributed by atoms with Crippen molar-refractivity contribution in [1.29, 1.82) is 0 Å². The molecule has 0 spiro atoms. The van der Waals surface area contributed by atoms with Gasteiger partial charge in [-0.05, 0) is 26.2 Å². The van der Waals surface area contributed by atoms with E-state index in [9.17, 15) is 9.59 Å². The normalized spacial score (nSPS) is 24.9. The Kier molecular flexibility index (Phi) is 5.40. The molecule has 104 valence electrons. The lowest BCUT2D eigenvalue weighted by atomic mass is 10.1. The van der Waals surface area contributed by atoms with Gasteiger partial charge in [0.05, 0.1) is 0 Å². The fourth-order valence-electron chi connectivity index (χ4n) is 2.45. The van der Waals surface area contributed by atoms with Crippen LogP contribution in [0.1, 0.15) is 39.5 Å². The predicted octanol–water partition coefficient (Wildman–Crippen LogP) is 0.794. The number of nitrogens with zero attached hydrogens (tertiary/aromatic N) is 1. The highest BCUT2D eigenvalue weighted by Gasteiger charge is 2.34. The molecule has 3 atom stereocenters. The average molecular weight is 258 g/mol. The van der Waals surface area contributed by atoms with Gasteiger partial charge in [0.2, 0.25) is 0 Å². The van der Waals surface area contributed by atoms with Crippen LogP contribution in [-0.4, -0.2) is 51.8 Å². The van der Waals surface area contributed by atoms with Crippen molar-refractivity contribution < 1.29 is 19.8 Å². The molecule has 0 bridgehead atoms.